The van der Waals surface area contributed by atoms with E-state index >= 15 is 0 Å². The number of rotatable bonds is 3. The summed E-state index contributed by atoms with van der Waals surface area (Å²) < 4.78 is 43.1. The summed E-state index contributed by atoms with van der Waals surface area (Å²) in [6, 6.07) is 7.27. The van der Waals surface area contributed by atoms with Gasteiger partial charge in [-0.15, -0.1) is 11.3 Å². The number of hydrogen-bond donors (Lipinski definition) is 0. The molecule has 0 unspecified atom stereocenters. The molecule has 24 heavy (non-hydrogen) atoms. The van der Waals surface area contributed by atoms with Gasteiger partial charge in [0, 0.05) is 6.92 Å². The van der Waals surface area contributed by atoms with Crippen LogP contribution in [0.5, 0.6) is 0 Å². The van der Waals surface area contributed by atoms with Crippen LogP contribution in [0, 0.1) is 0 Å². The highest BCUT2D eigenvalue weighted by Crippen LogP contribution is 2.36. The first-order chi connectivity index (χ1) is 11.5. The maximum atomic E-state index is 13.0. The zero-order valence-corrected chi connectivity index (χ0v) is 14.4. The first-order valence-electron chi connectivity index (χ1n) is 7.47. The summed E-state index contributed by atoms with van der Waals surface area (Å²) in [6.45, 7) is 1.45. The molecule has 0 amide bonds. The van der Waals surface area contributed by atoms with Crippen molar-refractivity contribution in [2.24, 2.45) is 0 Å². The number of carbonyl (C=O) groups excluding carboxylic acids is 1. The minimum Gasteiger partial charge on any atom is -0.457 e. The molecule has 2 aliphatic heterocycles. The fourth-order valence-corrected chi connectivity index (χ4v) is 6.24. The molecule has 1 aromatic carbocycles. The number of ether oxygens (including phenoxy) is 3. The Bertz CT molecular complexity index is 859. The number of hydrogen-bond acceptors (Lipinski definition) is 8. The first-order valence-corrected chi connectivity index (χ1v) is 9.83. The quantitative estimate of drug-likeness (QED) is 0.750. The Morgan fingerprint density at radius 1 is 1.25 bits per heavy atom. The Morgan fingerprint density at radius 2 is 2.00 bits per heavy atom. The van der Waals surface area contributed by atoms with Gasteiger partial charge in [0.25, 0.3) is 0 Å². The van der Waals surface area contributed by atoms with Crippen LogP contribution in [0.25, 0.3) is 10.2 Å². The lowest BCUT2D eigenvalue weighted by atomic mass is 10.1. The van der Waals surface area contributed by atoms with Gasteiger partial charge in [-0.05, 0) is 12.1 Å². The Hall–Kier alpha value is -1.55. The van der Waals surface area contributed by atoms with Crippen molar-refractivity contribution in [3.63, 3.8) is 0 Å². The first kappa shape index (κ1) is 15.9. The van der Waals surface area contributed by atoms with E-state index in [9.17, 15) is 13.2 Å². The second-order valence-corrected chi connectivity index (χ2v) is 9.15. The van der Waals surface area contributed by atoms with Gasteiger partial charge in [0.2, 0.25) is 14.2 Å². The summed E-state index contributed by atoms with van der Waals surface area (Å²) in [4.78, 5) is 15.4. The van der Waals surface area contributed by atoms with Gasteiger partial charge in [-0.2, -0.15) is 0 Å². The molecule has 0 N–H and O–H groups in total. The van der Waals surface area contributed by atoms with Crippen molar-refractivity contribution < 1.29 is 27.4 Å². The van der Waals surface area contributed by atoms with Gasteiger partial charge in [-0.3, -0.25) is 4.79 Å². The molecule has 0 saturated carbocycles. The van der Waals surface area contributed by atoms with E-state index in [4.69, 9.17) is 14.2 Å². The van der Waals surface area contributed by atoms with Crippen LogP contribution in [0.3, 0.4) is 0 Å². The number of fused-ring (bicyclic) bond motifs is 2. The third-order valence-corrected chi connectivity index (χ3v) is 7.75. The molecular weight excluding hydrogens is 354 g/mol. The van der Waals surface area contributed by atoms with E-state index in [1.54, 1.807) is 6.07 Å². The number of thiazole rings is 1. The normalized spacial score (nSPS) is 29.7. The summed E-state index contributed by atoms with van der Waals surface area (Å²) >= 11 is 1.14. The summed E-state index contributed by atoms with van der Waals surface area (Å²) in [5.41, 5.74) is 0.654. The van der Waals surface area contributed by atoms with Gasteiger partial charge < -0.3 is 14.2 Å². The summed E-state index contributed by atoms with van der Waals surface area (Å²) in [7, 11) is -3.69. The van der Waals surface area contributed by atoms with E-state index in [2.05, 4.69) is 4.98 Å². The van der Waals surface area contributed by atoms with Crippen molar-refractivity contribution >= 4 is 37.4 Å². The average molecular weight is 369 g/mol. The smallest absolute Gasteiger partial charge is 0.303 e. The Kier molecular flexibility index (Phi) is 3.83. The lowest BCUT2D eigenvalue weighted by Gasteiger charge is -2.16. The Labute approximate surface area is 142 Å². The number of para-hydroxylation sites is 1. The molecule has 0 radical (unpaired) electrons. The summed E-state index contributed by atoms with van der Waals surface area (Å²) in [5.74, 6) is -0.440. The van der Waals surface area contributed by atoms with Crippen LogP contribution in [0.4, 0.5) is 0 Å². The predicted octanol–water partition coefficient (Wildman–Crippen LogP) is 1.17. The topological polar surface area (TPSA) is 91.8 Å². The minimum atomic E-state index is -3.69. The molecule has 4 rings (SSSR count). The van der Waals surface area contributed by atoms with Gasteiger partial charge in [0.05, 0.1) is 23.4 Å². The van der Waals surface area contributed by atoms with E-state index in [-0.39, 0.29) is 17.6 Å². The van der Waals surface area contributed by atoms with Crippen LogP contribution < -0.4 is 0 Å². The van der Waals surface area contributed by atoms with Crippen LogP contribution >= 0.6 is 11.3 Å². The SMILES string of the molecule is CC(=O)O[C@H]1CO[C@H]2[C@@H]1OC[C@@H]2S(=O)(=O)c1nc2ccccc2s1. The van der Waals surface area contributed by atoms with Crippen LogP contribution in [0.2, 0.25) is 0 Å². The molecule has 2 aromatic rings. The van der Waals surface area contributed by atoms with Crippen molar-refractivity contribution in [3.8, 4) is 0 Å². The second kappa shape index (κ2) is 5.76. The fourth-order valence-electron chi connectivity index (χ4n) is 3.11. The molecule has 3 heterocycles. The van der Waals surface area contributed by atoms with Gasteiger partial charge in [0.1, 0.15) is 17.5 Å². The van der Waals surface area contributed by atoms with Crippen LogP contribution in [0.15, 0.2) is 28.6 Å². The lowest BCUT2D eigenvalue weighted by Crippen LogP contribution is -2.37. The van der Waals surface area contributed by atoms with Gasteiger partial charge in [-0.1, -0.05) is 12.1 Å². The zero-order valence-electron chi connectivity index (χ0n) is 12.7. The molecule has 2 fully saturated rings. The number of aromatic nitrogens is 1. The molecule has 0 bridgehead atoms. The number of carbonyl (C=O) groups is 1. The van der Waals surface area contributed by atoms with E-state index in [1.165, 1.54) is 6.92 Å². The largest absolute Gasteiger partial charge is 0.457 e. The number of esters is 1. The minimum absolute atomic E-state index is 0.00531. The van der Waals surface area contributed by atoms with E-state index in [0.717, 1.165) is 16.0 Å². The van der Waals surface area contributed by atoms with Crippen molar-refractivity contribution in [2.75, 3.05) is 13.2 Å². The van der Waals surface area contributed by atoms with Gasteiger partial charge >= 0.3 is 5.97 Å². The van der Waals surface area contributed by atoms with Crippen LogP contribution in [-0.4, -0.2) is 56.1 Å². The molecular formula is C15H15NO6S2. The standard InChI is InChI=1S/C15H15NO6S2/c1-8(17)22-10-6-20-14-12(7-21-13(10)14)24(18,19)15-16-9-4-2-3-5-11(9)23-15/h2-5,10,12-14H,6-7H2,1H3/t10-,12-,13+,14+/m0/s1. The highest BCUT2D eigenvalue weighted by molar-refractivity contribution is 7.94. The maximum absolute atomic E-state index is 13.0. The highest BCUT2D eigenvalue weighted by atomic mass is 32.2. The molecule has 0 spiro atoms. The number of sulfone groups is 1. The summed E-state index contributed by atoms with van der Waals surface area (Å²) in [5, 5.41) is -0.844. The third-order valence-electron chi connectivity index (χ3n) is 4.20. The highest BCUT2D eigenvalue weighted by Gasteiger charge is 2.54. The van der Waals surface area contributed by atoms with Crippen LogP contribution in [0.1, 0.15) is 6.92 Å². The van der Waals surface area contributed by atoms with Crippen LogP contribution in [-0.2, 0) is 28.8 Å². The van der Waals surface area contributed by atoms with Crippen molar-refractivity contribution in [1.82, 2.24) is 4.98 Å². The maximum Gasteiger partial charge on any atom is 0.303 e. The predicted molar refractivity (Wildman–Crippen MR) is 85.6 cm³/mol. The van der Waals surface area contributed by atoms with E-state index < -0.39 is 39.4 Å². The van der Waals surface area contributed by atoms with Gasteiger partial charge in [0.15, 0.2) is 6.10 Å². The van der Waals surface area contributed by atoms with E-state index in [1.807, 2.05) is 18.2 Å². The molecule has 128 valence electrons. The average Bonchev–Trinajstić information content (AvgIpc) is 3.21. The zero-order chi connectivity index (χ0) is 16.9. The van der Waals surface area contributed by atoms with Crippen molar-refractivity contribution in [2.45, 2.75) is 34.8 Å². The molecule has 2 saturated heterocycles. The third kappa shape index (κ3) is 2.52. The molecule has 1 aromatic heterocycles. The van der Waals surface area contributed by atoms with Gasteiger partial charge in [-0.25, -0.2) is 13.4 Å². The molecule has 7 nitrogen and oxygen atoms in total. The number of nitrogens with zero attached hydrogens (tertiary/aromatic N) is 1. The molecule has 2 aliphatic rings. The Morgan fingerprint density at radius 3 is 2.75 bits per heavy atom. The van der Waals surface area contributed by atoms with E-state index in [0.29, 0.717) is 5.52 Å². The van der Waals surface area contributed by atoms with Crippen molar-refractivity contribution in [1.29, 1.82) is 0 Å². The van der Waals surface area contributed by atoms with Crippen molar-refractivity contribution in [3.05, 3.63) is 24.3 Å². The molecule has 0 aliphatic carbocycles. The lowest BCUT2D eigenvalue weighted by molar-refractivity contribution is -0.150. The number of benzene rings is 1. The monoisotopic (exact) mass is 369 g/mol. The summed E-state index contributed by atoms with van der Waals surface area (Å²) in [6.07, 6.45) is -1.77. The molecule has 4 atom stereocenters. The fraction of sp³-hybridized carbons (Fsp3) is 0.467. The molecule has 9 heteroatoms. The second-order valence-electron chi connectivity index (χ2n) is 5.77. The Balaban J connectivity index is 1.62.